The van der Waals surface area contributed by atoms with Crippen LogP contribution in [-0.2, 0) is 0 Å². The Morgan fingerprint density at radius 2 is 1.89 bits per heavy atom. The van der Waals surface area contributed by atoms with Gasteiger partial charge in [-0.25, -0.2) is 4.39 Å². The van der Waals surface area contributed by atoms with Gasteiger partial charge in [-0.1, -0.05) is 35.4 Å². The molecule has 0 aliphatic carbocycles. The van der Waals surface area contributed by atoms with E-state index in [-0.39, 0.29) is 4.99 Å². The average Bonchev–Trinajstić information content (AvgIpc) is 2.34. The van der Waals surface area contributed by atoms with Crippen LogP contribution in [0.15, 0.2) is 36.4 Å². The zero-order valence-corrected chi connectivity index (χ0v) is 11.8. The molecule has 2 rings (SSSR count). The maximum Gasteiger partial charge on any atom is 0.148 e. The fourth-order valence-electron chi connectivity index (χ4n) is 1.71. The van der Waals surface area contributed by atoms with Crippen molar-refractivity contribution in [2.24, 2.45) is 5.73 Å². The second kappa shape index (κ2) is 5.55. The van der Waals surface area contributed by atoms with Crippen LogP contribution in [0, 0.1) is 12.7 Å². The lowest BCUT2D eigenvalue weighted by atomic mass is 10.1. The molecule has 0 aliphatic rings. The molecule has 0 aromatic heterocycles. The molecule has 2 aromatic carbocycles. The molecule has 2 nitrogen and oxygen atoms in total. The summed E-state index contributed by atoms with van der Waals surface area (Å²) in [4.78, 5) is 0.264. The minimum atomic E-state index is -0.429. The molecule has 0 atom stereocenters. The summed E-state index contributed by atoms with van der Waals surface area (Å²) in [5.41, 5.74) is 8.38. The molecule has 0 spiro atoms. The summed E-state index contributed by atoms with van der Waals surface area (Å²) < 4.78 is 13.7. The Morgan fingerprint density at radius 1 is 1.21 bits per heavy atom. The Labute approximate surface area is 121 Å². The van der Waals surface area contributed by atoms with Crippen molar-refractivity contribution < 1.29 is 4.39 Å². The van der Waals surface area contributed by atoms with Crippen LogP contribution in [0.2, 0.25) is 5.02 Å². The maximum absolute atomic E-state index is 13.7. The number of nitrogens with one attached hydrogen (secondary N) is 1. The van der Waals surface area contributed by atoms with E-state index in [1.54, 1.807) is 12.1 Å². The molecule has 0 amide bonds. The van der Waals surface area contributed by atoms with E-state index in [1.165, 1.54) is 6.07 Å². The molecule has 0 heterocycles. The van der Waals surface area contributed by atoms with Gasteiger partial charge in [0.25, 0.3) is 0 Å². The summed E-state index contributed by atoms with van der Waals surface area (Å²) in [5.74, 6) is -0.429. The highest BCUT2D eigenvalue weighted by Crippen LogP contribution is 2.25. The Bertz CT molecular complexity index is 643. The molecule has 0 unspecified atom stereocenters. The highest BCUT2D eigenvalue weighted by Gasteiger charge is 2.08. The van der Waals surface area contributed by atoms with Crippen molar-refractivity contribution >= 4 is 40.2 Å². The normalized spacial score (nSPS) is 10.3. The number of thiocarbonyl (C=S) groups is 1. The van der Waals surface area contributed by atoms with E-state index in [1.807, 2.05) is 25.1 Å². The van der Waals surface area contributed by atoms with E-state index in [4.69, 9.17) is 29.6 Å². The lowest BCUT2D eigenvalue weighted by Gasteiger charge is -2.13. The fraction of sp³-hybridized carbons (Fsp3) is 0.0714. The second-order valence-electron chi connectivity index (χ2n) is 4.16. The quantitative estimate of drug-likeness (QED) is 0.835. The van der Waals surface area contributed by atoms with E-state index in [0.29, 0.717) is 22.0 Å². The van der Waals surface area contributed by atoms with Crippen LogP contribution in [0.25, 0.3) is 0 Å². The average molecular weight is 295 g/mol. The number of nitrogens with two attached hydrogens (primary N) is 1. The molecule has 0 fully saturated rings. The minimum Gasteiger partial charge on any atom is -0.389 e. The summed E-state index contributed by atoms with van der Waals surface area (Å²) in [6, 6.07) is 10.0. The predicted octanol–water partition coefficient (Wildman–Crippen LogP) is 4.17. The van der Waals surface area contributed by atoms with Crippen LogP contribution in [0.1, 0.15) is 11.1 Å². The largest absolute Gasteiger partial charge is 0.389 e. The van der Waals surface area contributed by atoms with Gasteiger partial charge >= 0.3 is 0 Å². The molecule has 98 valence electrons. The molecule has 0 radical (unpaired) electrons. The lowest BCUT2D eigenvalue weighted by Crippen LogP contribution is -2.12. The first-order valence-corrected chi connectivity index (χ1v) is 6.38. The molecule has 0 bridgehead atoms. The van der Waals surface area contributed by atoms with Crippen LogP contribution >= 0.6 is 23.8 Å². The number of hydrogen-bond acceptors (Lipinski definition) is 2. The number of rotatable bonds is 3. The van der Waals surface area contributed by atoms with Crippen LogP contribution in [0.3, 0.4) is 0 Å². The first-order chi connectivity index (χ1) is 8.97. The van der Waals surface area contributed by atoms with Gasteiger partial charge in [-0.3, -0.25) is 0 Å². The Kier molecular flexibility index (Phi) is 4.02. The molecule has 2 aromatic rings. The van der Waals surface area contributed by atoms with Crippen molar-refractivity contribution in [1.29, 1.82) is 0 Å². The zero-order valence-electron chi connectivity index (χ0n) is 10.2. The highest BCUT2D eigenvalue weighted by atomic mass is 35.5. The molecule has 19 heavy (non-hydrogen) atoms. The van der Waals surface area contributed by atoms with E-state index in [0.717, 1.165) is 5.56 Å². The van der Waals surface area contributed by atoms with E-state index >= 15 is 0 Å². The van der Waals surface area contributed by atoms with Crippen molar-refractivity contribution in [1.82, 2.24) is 0 Å². The first-order valence-electron chi connectivity index (χ1n) is 5.60. The topological polar surface area (TPSA) is 38.0 Å². The molecule has 5 heteroatoms. The van der Waals surface area contributed by atoms with E-state index in [9.17, 15) is 4.39 Å². The van der Waals surface area contributed by atoms with Crippen LogP contribution in [-0.4, -0.2) is 4.99 Å². The molecular formula is C14H12ClFN2S. The maximum atomic E-state index is 13.7. The Balaban J connectivity index is 2.40. The summed E-state index contributed by atoms with van der Waals surface area (Å²) >= 11 is 10.7. The smallest absolute Gasteiger partial charge is 0.148 e. The van der Waals surface area contributed by atoms with Crippen molar-refractivity contribution in [3.63, 3.8) is 0 Å². The van der Waals surface area contributed by atoms with Gasteiger partial charge in [0.1, 0.15) is 10.8 Å². The van der Waals surface area contributed by atoms with Crippen molar-refractivity contribution in [2.45, 2.75) is 6.92 Å². The first kappa shape index (κ1) is 13.8. The van der Waals surface area contributed by atoms with Crippen molar-refractivity contribution in [2.75, 3.05) is 5.32 Å². The number of aryl methyl sites for hydroxylation is 1. The van der Waals surface area contributed by atoms with Crippen molar-refractivity contribution in [3.05, 3.63) is 58.4 Å². The van der Waals surface area contributed by atoms with Crippen LogP contribution in [0.4, 0.5) is 15.8 Å². The summed E-state index contributed by atoms with van der Waals surface area (Å²) in [7, 11) is 0. The predicted molar refractivity (Wildman–Crippen MR) is 81.8 cm³/mol. The lowest BCUT2D eigenvalue weighted by molar-refractivity contribution is 0.632. The molecule has 0 aliphatic heterocycles. The van der Waals surface area contributed by atoms with Gasteiger partial charge in [0.15, 0.2) is 0 Å². The third kappa shape index (κ3) is 3.22. The number of benzene rings is 2. The molecule has 3 N–H and O–H groups in total. The standard InChI is InChI=1S/C14H12ClFN2S/c1-8-2-4-12(10(6-8)14(17)19)18-13-5-3-9(15)7-11(13)16/h2-7,18H,1H3,(H2,17,19). The molecule has 0 saturated heterocycles. The monoisotopic (exact) mass is 294 g/mol. The highest BCUT2D eigenvalue weighted by molar-refractivity contribution is 7.80. The third-order valence-electron chi connectivity index (χ3n) is 2.64. The van der Waals surface area contributed by atoms with Gasteiger partial charge < -0.3 is 11.1 Å². The third-order valence-corrected chi connectivity index (χ3v) is 3.10. The summed E-state index contributed by atoms with van der Waals surface area (Å²) in [6.45, 7) is 1.94. The molecular weight excluding hydrogens is 283 g/mol. The number of anilines is 2. The fourth-order valence-corrected chi connectivity index (χ4v) is 2.03. The summed E-state index contributed by atoms with van der Waals surface area (Å²) in [5, 5.41) is 3.32. The van der Waals surface area contributed by atoms with Gasteiger partial charge in [0.2, 0.25) is 0 Å². The second-order valence-corrected chi connectivity index (χ2v) is 5.04. The number of hydrogen-bond donors (Lipinski definition) is 2. The zero-order chi connectivity index (χ0) is 14.0. The van der Waals surface area contributed by atoms with Gasteiger partial charge in [-0.15, -0.1) is 0 Å². The van der Waals surface area contributed by atoms with Gasteiger partial charge in [-0.2, -0.15) is 0 Å². The van der Waals surface area contributed by atoms with E-state index in [2.05, 4.69) is 5.32 Å². The summed E-state index contributed by atoms with van der Waals surface area (Å²) in [6.07, 6.45) is 0. The van der Waals surface area contributed by atoms with Crippen LogP contribution in [0.5, 0.6) is 0 Å². The Morgan fingerprint density at radius 3 is 2.53 bits per heavy atom. The van der Waals surface area contributed by atoms with Crippen LogP contribution < -0.4 is 11.1 Å². The molecule has 0 saturated carbocycles. The van der Waals surface area contributed by atoms with Crippen molar-refractivity contribution in [3.8, 4) is 0 Å². The minimum absolute atomic E-state index is 0.264. The van der Waals surface area contributed by atoms with E-state index < -0.39 is 5.82 Å². The Hall–Kier alpha value is -1.65. The van der Waals surface area contributed by atoms with Gasteiger partial charge in [0.05, 0.1) is 5.69 Å². The SMILES string of the molecule is Cc1ccc(Nc2ccc(Cl)cc2F)c(C(N)=S)c1. The van der Waals surface area contributed by atoms with Gasteiger partial charge in [0, 0.05) is 16.3 Å². The van der Waals surface area contributed by atoms with Gasteiger partial charge in [-0.05, 0) is 37.3 Å². The number of halogens is 2.